The fourth-order valence-corrected chi connectivity index (χ4v) is 2.48. The molecule has 0 spiro atoms. The molecule has 2 amide bonds. The van der Waals surface area contributed by atoms with E-state index in [4.69, 9.17) is 9.47 Å². The highest BCUT2D eigenvalue weighted by Gasteiger charge is 2.12. The third kappa shape index (κ3) is 3.63. The Hall–Kier alpha value is -2.28. The van der Waals surface area contributed by atoms with Gasteiger partial charge in [0.25, 0.3) is 0 Å². The van der Waals surface area contributed by atoms with Gasteiger partial charge < -0.3 is 14.8 Å². The first-order valence-electron chi connectivity index (χ1n) is 6.40. The molecule has 2 rings (SSSR count). The fraction of sp³-hybridized carbons (Fsp3) is 0.286. The average Bonchev–Trinajstić information content (AvgIpc) is 2.95. The Kier molecular flexibility index (Phi) is 4.99. The van der Waals surface area contributed by atoms with Gasteiger partial charge in [0.15, 0.2) is 5.13 Å². The minimum absolute atomic E-state index is 0.268. The summed E-state index contributed by atoms with van der Waals surface area (Å²) in [6.07, 6.45) is 0. The van der Waals surface area contributed by atoms with Crippen molar-refractivity contribution in [3.8, 4) is 22.8 Å². The molecule has 2 aromatic rings. The molecule has 0 bridgehead atoms. The zero-order chi connectivity index (χ0) is 15.2. The standard InChI is InChI=1S/C14H17N3O3S/c1-4-15-13(18)17-14-16-11(8-21-14)10-7-9(19-2)5-6-12(10)20-3/h5-8H,4H2,1-3H3,(H2,15,16,17,18). The molecular weight excluding hydrogens is 290 g/mol. The molecule has 112 valence electrons. The van der Waals surface area contributed by atoms with Gasteiger partial charge in [-0.25, -0.2) is 9.78 Å². The van der Waals surface area contributed by atoms with E-state index in [1.54, 1.807) is 14.2 Å². The number of hydrogen-bond donors (Lipinski definition) is 2. The topological polar surface area (TPSA) is 72.5 Å². The van der Waals surface area contributed by atoms with Crippen molar-refractivity contribution in [3.05, 3.63) is 23.6 Å². The zero-order valence-corrected chi connectivity index (χ0v) is 12.9. The van der Waals surface area contributed by atoms with Gasteiger partial charge in [-0.15, -0.1) is 11.3 Å². The van der Waals surface area contributed by atoms with E-state index in [1.807, 2.05) is 30.5 Å². The van der Waals surface area contributed by atoms with Crippen molar-refractivity contribution in [2.24, 2.45) is 0 Å². The summed E-state index contributed by atoms with van der Waals surface area (Å²) in [5, 5.41) is 7.73. The van der Waals surface area contributed by atoms with E-state index in [-0.39, 0.29) is 6.03 Å². The lowest BCUT2D eigenvalue weighted by atomic mass is 10.1. The van der Waals surface area contributed by atoms with Crippen LogP contribution in [0.4, 0.5) is 9.93 Å². The van der Waals surface area contributed by atoms with E-state index < -0.39 is 0 Å². The van der Waals surface area contributed by atoms with Crippen molar-refractivity contribution in [1.82, 2.24) is 10.3 Å². The number of urea groups is 1. The highest BCUT2D eigenvalue weighted by molar-refractivity contribution is 7.14. The van der Waals surface area contributed by atoms with Gasteiger partial charge >= 0.3 is 6.03 Å². The number of anilines is 1. The summed E-state index contributed by atoms with van der Waals surface area (Å²) in [4.78, 5) is 15.9. The SMILES string of the molecule is CCNC(=O)Nc1nc(-c2cc(OC)ccc2OC)cs1. The van der Waals surface area contributed by atoms with Crippen LogP contribution in [0.15, 0.2) is 23.6 Å². The number of rotatable bonds is 5. The number of nitrogens with one attached hydrogen (secondary N) is 2. The molecule has 1 heterocycles. The van der Waals surface area contributed by atoms with E-state index in [0.717, 1.165) is 17.0 Å². The lowest BCUT2D eigenvalue weighted by Crippen LogP contribution is -2.28. The number of thiazole rings is 1. The third-order valence-corrected chi connectivity index (χ3v) is 3.50. The van der Waals surface area contributed by atoms with E-state index in [2.05, 4.69) is 15.6 Å². The number of amides is 2. The quantitative estimate of drug-likeness (QED) is 0.890. The molecule has 21 heavy (non-hydrogen) atoms. The second-order valence-corrected chi connectivity index (χ2v) is 4.95. The lowest BCUT2D eigenvalue weighted by molar-refractivity contribution is 0.252. The van der Waals surface area contributed by atoms with Crippen molar-refractivity contribution < 1.29 is 14.3 Å². The van der Waals surface area contributed by atoms with Crippen molar-refractivity contribution in [2.45, 2.75) is 6.92 Å². The monoisotopic (exact) mass is 307 g/mol. The Labute approximate surface area is 127 Å². The minimum Gasteiger partial charge on any atom is -0.497 e. The Morgan fingerprint density at radius 3 is 2.81 bits per heavy atom. The fourth-order valence-electron chi connectivity index (χ4n) is 1.77. The number of nitrogens with zero attached hydrogens (tertiary/aromatic N) is 1. The second-order valence-electron chi connectivity index (χ2n) is 4.09. The van der Waals surface area contributed by atoms with Gasteiger partial charge in [-0.2, -0.15) is 0 Å². The molecule has 1 aromatic carbocycles. The maximum atomic E-state index is 11.5. The van der Waals surface area contributed by atoms with Gasteiger partial charge in [-0.1, -0.05) is 0 Å². The molecule has 0 saturated heterocycles. The van der Waals surface area contributed by atoms with Crippen LogP contribution >= 0.6 is 11.3 Å². The van der Waals surface area contributed by atoms with E-state index in [9.17, 15) is 4.79 Å². The van der Waals surface area contributed by atoms with Crippen LogP contribution in [-0.2, 0) is 0 Å². The normalized spacial score (nSPS) is 10.0. The van der Waals surface area contributed by atoms with Crippen LogP contribution in [0, 0.1) is 0 Å². The third-order valence-electron chi connectivity index (χ3n) is 2.74. The second kappa shape index (κ2) is 6.94. The number of carbonyl (C=O) groups excluding carboxylic acids is 1. The van der Waals surface area contributed by atoms with Crippen molar-refractivity contribution in [3.63, 3.8) is 0 Å². The van der Waals surface area contributed by atoms with Crippen LogP contribution in [0.1, 0.15) is 6.92 Å². The van der Waals surface area contributed by atoms with Gasteiger partial charge in [0.2, 0.25) is 0 Å². The number of methoxy groups -OCH3 is 2. The minimum atomic E-state index is -0.268. The zero-order valence-electron chi connectivity index (χ0n) is 12.1. The first-order valence-corrected chi connectivity index (χ1v) is 7.28. The molecule has 0 fully saturated rings. The van der Waals surface area contributed by atoms with E-state index in [1.165, 1.54) is 11.3 Å². The molecule has 0 unspecified atom stereocenters. The molecule has 6 nitrogen and oxygen atoms in total. The largest absolute Gasteiger partial charge is 0.497 e. The number of ether oxygens (including phenoxy) is 2. The predicted molar refractivity (Wildman–Crippen MR) is 83.3 cm³/mol. The summed E-state index contributed by atoms with van der Waals surface area (Å²) in [6, 6.07) is 5.23. The molecule has 0 aliphatic rings. The molecule has 0 aliphatic carbocycles. The lowest BCUT2D eigenvalue weighted by Gasteiger charge is -2.08. The molecular formula is C14H17N3O3S. The van der Waals surface area contributed by atoms with E-state index in [0.29, 0.717) is 17.4 Å². The Bertz CT molecular complexity index is 628. The molecule has 0 atom stereocenters. The summed E-state index contributed by atoms with van der Waals surface area (Å²) >= 11 is 1.35. The number of carbonyl (C=O) groups is 1. The molecule has 0 aliphatic heterocycles. The van der Waals surface area contributed by atoms with Crippen molar-refractivity contribution in [1.29, 1.82) is 0 Å². The summed E-state index contributed by atoms with van der Waals surface area (Å²) in [5.41, 5.74) is 1.54. The highest BCUT2D eigenvalue weighted by Crippen LogP contribution is 2.34. The van der Waals surface area contributed by atoms with Crippen LogP contribution in [-0.4, -0.2) is 31.8 Å². The van der Waals surface area contributed by atoms with Crippen LogP contribution < -0.4 is 20.1 Å². The summed E-state index contributed by atoms with van der Waals surface area (Å²) in [6.45, 7) is 2.42. The predicted octanol–water partition coefficient (Wildman–Crippen LogP) is 2.97. The Morgan fingerprint density at radius 2 is 2.14 bits per heavy atom. The smallest absolute Gasteiger partial charge is 0.321 e. The highest BCUT2D eigenvalue weighted by atomic mass is 32.1. The molecule has 0 saturated carbocycles. The van der Waals surface area contributed by atoms with Gasteiger partial charge in [0, 0.05) is 17.5 Å². The number of hydrogen-bond acceptors (Lipinski definition) is 5. The summed E-state index contributed by atoms with van der Waals surface area (Å²) < 4.78 is 10.6. The molecule has 7 heteroatoms. The summed E-state index contributed by atoms with van der Waals surface area (Å²) in [7, 11) is 3.21. The van der Waals surface area contributed by atoms with Gasteiger partial charge in [0.1, 0.15) is 11.5 Å². The van der Waals surface area contributed by atoms with Crippen LogP contribution in [0.25, 0.3) is 11.3 Å². The van der Waals surface area contributed by atoms with Gasteiger partial charge in [-0.05, 0) is 25.1 Å². The van der Waals surface area contributed by atoms with Crippen LogP contribution in [0.5, 0.6) is 11.5 Å². The summed E-state index contributed by atoms with van der Waals surface area (Å²) in [5.74, 6) is 1.42. The molecule has 2 N–H and O–H groups in total. The first kappa shape index (κ1) is 15.1. The number of aromatic nitrogens is 1. The first-order chi connectivity index (χ1) is 10.2. The molecule has 1 aromatic heterocycles. The Morgan fingerprint density at radius 1 is 1.33 bits per heavy atom. The number of benzene rings is 1. The maximum Gasteiger partial charge on any atom is 0.321 e. The molecule has 0 radical (unpaired) electrons. The average molecular weight is 307 g/mol. The van der Waals surface area contributed by atoms with Crippen molar-refractivity contribution >= 4 is 22.5 Å². The Balaban J connectivity index is 2.26. The maximum absolute atomic E-state index is 11.5. The van der Waals surface area contributed by atoms with Crippen molar-refractivity contribution in [2.75, 3.05) is 26.1 Å². The van der Waals surface area contributed by atoms with Crippen LogP contribution in [0.2, 0.25) is 0 Å². The van der Waals surface area contributed by atoms with Gasteiger partial charge in [0.05, 0.1) is 19.9 Å². The van der Waals surface area contributed by atoms with Crippen LogP contribution in [0.3, 0.4) is 0 Å². The van der Waals surface area contributed by atoms with E-state index >= 15 is 0 Å². The van der Waals surface area contributed by atoms with Gasteiger partial charge in [-0.3, -0.25) is 5.32 Å².